The summed E-state index contributed by atoms with van der Waals surface area (Å²) in [5, 5.41) is 6.15. The second-order valence-electron chi connectivity index (χ2n) is 5.75. The molecule has 0 saturated carbocycles. The Bertz CT molecular complexity index is 955. The normalized spacial score (nSPS) is 10.8. The molecule has 0 fully saturated rings. The summed E-state index contributed by atoms with van der Waals surface area (Å²) >= 11 is 0. The molecule has 134 valence electrons. The highest BCUT2D eigenvalue weighted by Gasteiger charge is 2.16. The van der Waals surface area contributed by atoms with Crippen molar-refractivity contribution in [3.05, 3.63) is 71.2 Å². The molecule has 1 heterocycles. The van der Waals surface area contributed by atoms with Crippen molar-refractivity contribution in [2.45, 2.75) is 6.92 Å². The fraction of sp³-hybridized carbons (Fsp3) is 0.158. The van der Waals surface area contributed by atoms with Gasteiger partial charge in [0.2, 0.25) is 0 Å². The molecule has 4 nitrogen and oxygen atoms in total. The maximum absolute atomic E-state index is 13.6. The first-order chi connectivity index (χ1) is 12.5. The van der Waals surface area contributed by atoms with Gasteiger partial charge in [-0.2, -0.15) is 0 Å². The van der Waals surface area contributed by atoms with E-state index in [1.807, 2.05) is 6.92 Å². The third-order valence-electron chi connectivity index (χ3n) is 3.81. The van der Waals surface area contributed by atoms with Crippen molar-refractivity contribution in [2.24, 2.45) is 0 Å². The van der Waals surface area contributed by atoms with Gasteiger partial charge >= 0.3 is 0 Å². The molecule has 0 spiro atoms. The predicted molar refractivity (Wildman–Crippen MR) is 93.6 cm³/mol. The summed E-state index contributed by atoms with van der Waals surface area (Å²) in [6, 6.07) is 9.30. The van der Waals surface area contributed by atoms with Gasteiger partial charge in [0.15, 0.2) is 0 Å². The first-order valence-corrected chi connectivity index (χ1v) is 7.98. The second-order valence-corrected chi connectivity index (χ2v) is 5.75. The van der Waals surface area contributed by atoms with E-state index in [9.17, 15) is 18.0 Å². The number of benzene rings is 2. The van der Waals surface area contributed by atoms with Crippen molar-refractivity contribution >= 4 is 22.5 Å². The van der Waals surface area contributed by atoms with Crippen LogP contribution in [0.2, 0.25) is 0 Å². The molecule has 0 aliphatic rings. The Balaban J connectivity index is 1.66. The summed E-state index contributed by atoms with van der Waals surface area (Å²) < 4.78 is 40.6. The first kappa shape index (κ1) is 17.7. The maximum atomic E-state index is 13.6. The highest BCUT2D eigenvalue weighted by molar-refractivity contribution is 5.95. The first-order valence-electron chi connectivity index (χ1n) is 7.98. The summed E-state index contributed by atoms with van der Waals surface area (Å²) in [6.07, 6.45) is 0. The summed E-state index contributed by atoms with van der Waals surface area (Å²) in [7, 11) is 0. The lowest BCUT2D eigenvalue weighted by atomic mass is 10.1. The fourth-order valence-electron chi connectivity index (χ4n) is 2.65. The number of nitrogens with one attached hydrogen (secondary N) is 2. The number of rotatable bonds is 5. The third kappa shape index (κ3) is 3.77. The number of pyridine rings is 1. The minimum absolute atomic E-state index is 0.130. The standard InChI is InChI=1S/C19H16F3N3O/c1-11-9-17(13-10-12(20)5-6-16(13)25-11)23-7-8-24-19(26)18-14(21)3-2-4-15(18)22/h2-6,9-10H,7-8H2,1H3,(H,23,25)(H,24,26). The molecule has 1 aromatic heterocycles. The summed E-state index contributed by atoms with van der Waals surface area (Å²) in [6.45, 7) is 2.23. The van der Waals surface area contributed by atoms with Gasteiger partial charge in [-0.25, -0.2) is 13.2 Å². The van der Waals surface area contributed by atoms with E-state index in [1.165, 1.54) is 18.2 Å². The van der Waals surface area contributed by atoms with Crippen LogP contribution in [0.1, 0.15) is 16.1 Å². The molecule has 0 aliphatic carbocycles. The van der Waals surface area contributed by atoms with E-state index >= 15 is 0 Å². The van der Waals surface area contributed by atoms with E-state index < -0.39 is 23.1 Å². The lowest BCUT2D eigenvalue weighted by Gasteiger charge is -2.12. The maximum Gasteiger partial charge on any atom is 0.257 e. The van der Waals surface area contributed by atoms with Crippen molar-refractivity contribution in [2.75, 3.05) is 18.4 Å². The van der Waals surface area contributed by atoms with Crippen LogP contribution in [0.25, 0.3) is 10.9 Å². The Labute approximate surface area is 148 Å². The number of carbonyl (C=O) groups excluding carboxylic acids is 1. The molecule has 2 aromatic carbocycles. The number of amides is 1. The van der Waals surface area contributed by atoms with Crippen LogP contribution in [-0.4, -0.2) is 24.0 Å². The van der Waals surface area contributed by atoms with E-state index in [1.54, 1.807) is 12.1 Å². The van der Waals surface area contributed by atoms with E-state index in [2.05, 4.69) is 15.6 Å². The van der Waals surface area contributed by atoms with Crippen molar-refractivity contribution in [1.29, 1.82) is 0 Å². The van der Waals surface area contributed by atoms with Crippen LogP contribution in [0.3, 0.4) is 0 Å². The van der Waals surface area contributed by atoms with Gasteiger partial charge < -0.3 is 10.6 Å². The molecule has 0 saturated heterocycles. The molecule has 0 unspecified atom stereocenters. The van der Waals surface area contributed by atoms with E-state index in [0.717, 1.165) is 17.8 Å². The smallest absolute Gasteiger partial charge is 0.257 e. The topological polar surface area (TPSA) is 54.0 Å². The lowest BCUT2D eigenvalue weighted by Crippen LogP contribution is -2.30. The molecular formula is C19H16F3N3O. The van der Waals surface area contributed by atoms with Gasteiger partial charge in [0.1, 0.15) is 23.0 Å². The van der Waals surface area contributed by atoms with E-state index in [0.29, 0.717) is 16.6 Å². The molecule has 3 aromatic rings. The Morgan fingerprint density at radius 3 is 2.50 bits per heavy atom. The molecule has 3 rings (SSSR count). The Hall–Kier alpha value is -3.09. The van der Waals surface area contributed by atoms with Crippen LogP contribution in [0, 0.1) is 24.4 Å². The Morgan fingerprint density at radius 1 is 1.04 bits per heavy atom. The predicted octanol–water partition coefficient (Wildman–Crippen LogP) is 3.80. The number of fused-ring (bicyclic) bond motifs is 1. The van der Waals surface area contributed by atoms with Crippen LogP contribution in [0.4, 0.5) is 18.9 Å². The molecule has 2 N–H and O–H groups in total. The van der Waals surface area contributed by atoms with Gasteiger partial charge in [0.25, 0.3) is 5.91 Å². The number of aryl methyl sites for hydroxylation is 1. The van der Waals surface area contributed by atoms with Crippen LogP contribution in [-0.2, 0) is 0 Å². The van der Waals surface area contributed by atoms with Crippen molar-refractivity contribution in [3.8, 4) is 0 Å². The van der Waals surface area contributed by atoms with Gasteiger partial charge in [-0.1, -0.05) is 6.07 Å². The largest absolute Gasteiger partial charge is 0.383 e. The molecular weight excluding hydrogens is 343 g/mol. The molecule has 7 heteroatoms. The highest BCUT2D eigenvalue weighted by Crippen LogP contribution is 2.23. The SMILES string of the molecule is Cc1cc(NCCNC(=O)c2c(F)cccc2F)c2cc(F)ccc2n1. The van der Waals surface area contributed by atoms with Crippen molar-refractivity contribution in [1.82, 2.24) is 10.3 Å². The number of halogens is 3. The number of hydrogen-bond acceptors (Lipinski definition) is 3. The van der Waals surface area contributed by atoms with Crippen molar-refractivity contribution < 1.29 is 18.0 Å². The average Bonchev–Trinajstić information content (AvgIpc) is 2.59. The summed E-state index contributed by atoms with van der Waals surface area (Å²) in [4.78, 5) is 16.3. The zero-order valence-electron chi connectivity index (χ0n) is 13.9. The number of nitrogens with zero attached hydrogens (tertiary/aromatic N) is 1. The zero-order chi connectivity index (χ0) is 18.7. The van der Waals surface area contributed by atoms with Gasteiger partial charge in [-0.05, 0) is 43.3 Å². The minimum Gasteiger partial charge on any atom is -0.383 e. The number of hydrogen-bond donors (Lipinski definition) is 2. The second kappa shape index (κ2) is 7.43. The third-order valence-corrected chi connectivity index (χ3v) is 3.81. The monoisotopic (exact) mass is 359 g/mol. The molecule has 26 heavy (non-hydrogen) atoms. The summed E-state index contributed by atoms with van der Waals surface area (Å²) in [5.74, 6) is -3.04. The number of aromatic nitrogens is 1. The van der Waals surface area contributed by atoms with Crippen LogP contribution < -0.4 is 10.6 Å². The Kier molecular flexibility index (Phi) is 5.06. The van der Waals surface area contributed by atoms with Crippen LogP contribution in [0.15, 0.2) is 42.5 Å². The molecule has 0 aliphatic heterocycles. The van der Waals surface area contributed by atoms with Crippen LogP contribution >= 0.6 is 0 Å². The van der Waals surface area contributed by atoms with Crippen molar-refractivity contribution in [3.63, 3.8) is 0 Å². The van der Waals surface area contributed by atoms with Gasteiger partial charge in [0, 0.05) is 29.9 Å². The molecule has 0 radical (unpaired) electrons. The lowest BCUT2D eigenvalue weighted by molar-refractivity contribution is 0.0946. The number of anilines is 1. The average molecular weight is 359 g/mol. The number of carbonyl (C=O) groups is 1. The molecule has 0 atom stereocenters. The van der Waals surface area contributed by atoms with E-state index in [-0.39, 0.29) is 18.9 Å². The van der Waals surface area contributed by atoms with Gasteiger partial charge in [-0.15, -0.1) is 0 Å². The summed E-state index contributed by atoms with van der Waals surface area (Å²) in [5.41, 5.74) is 1.45. The van der Waals surface area contributed by atoms with Gasteiger partial charge in [0.05, 0.1) is 5.52 Å². The van der Waals surface area contributed by atoms with E-state index in [4.69, 9.17) is 0 Å². The quantitative estimate of drug-likeness (QED) is 0.682. The highest BCUT2D eigenvalue weighted by atomic mass is 19.1. The molecule has 1 amide bonds. The fourth-order valence-corrected chi connectivity index (χ4v) is 2.65. The Morgan fingerprint density at radius 2 is 1.77 bits per heavy atom. The van der Waals surface area contributed by atoms with Gasteiger partial charge in [-0.3, -0.25) is 9.78 Å². The molecule has 0 bridgehead atoms. The zero-order valence-corrected chi connectivity index (χ0v) is 13.9. The van der Waals surface area contributed by atoms with Crippen LogP contribution in [0.5, 0.6) is 0 Å². The minimum atomic E-state index is -0.915.